The average Bonchev–Trinajstić information content (AvgIpc) is 1.85. The van der Waals surface area contributed by atoms with Gasteiger partial charge in [-0.2, -0.15) is 0 Å². The predicted octanol–water partition coefficient (Wildman–Crippen LogP) is 2.34. The quantitative estimate of drug-likeness (QED) is 0.462. The molecule has 0 atom stereocenters. The Hall–Kier alpha value is -0.320. The molecule has 0 saturated carbocycles. The van der Waals surface area contributed by atoms with Gasteiger partial charge in [0.2, 0.25) is 0 Å². The molecular weight excluding hydrogens is 244 g/mol. The highest BCUT2D eigenvalue weighted by atomic mass is 127. The number of rotatable bonds is 1. The van der Waals surface area contributed by atoms with Gasteiger partial charge in [-0.25, -0.2) is 4.39 Å². The van der Waals surface area contributed by atoms with Crippen molar-refractivity contribution < 1.29 is 4.39 Å². The van der Waals surface area contributed by atoms with Crippen molar-refractivity contribution in [2.45, 2.75) is 4.43 Å². The van der Waals surface area contributed by atoms with Crippen LogP contribution in [0.1, 0.15) is 5.56 Å². The van der Waals surface area contributed by atoms with Crippen LogP contribution in [0, 0.1) is 5.82 Å². The summed E-state index contributed by atoms with van der Waals surface area (Å²) in [6.45, 7) is 0. The van der Waals surface area contributed by atoms with Crippen LogP contribution in [0.4, 0.5) is 10.1 Å². The van der Waals surface area contributed by atoms with Crippen molar-refractivity contribution in [3.8, 4) is 0 Å². The van der Waals surface area contributed by atoms with E-state index in [-0.39, 0.29) is 5.82 Å². The number of nitrogens with two attached hydrogens (primary N) is 1. The summed E-state index contributed by atoms with van der Waals surface area (Å²) in [7, 11) is 0. The molecule has 0 amide bonds. The molecule has 0 unspecified atom stereocenters. The molecule has 0 aliphatic rings. The molecule has 0 aliphatic heterocycles. The van der Waals surface area contributed by atoms with Gasteiger partial charge in [-0.05, 0) is 23.8 Å². The standard InChI is InChI=1S/C7H7FIN/c8-6-1-5(4-9)2-7(10)3-6/h1-3H,4,10H2. The number of alkyl halides is 1. The first kappa shape index (κ1) is 7.78. The van der Waals surface area contributed by atoms with Crippen molar-refractivity contribution in [2.75, 3.05) is 5.73 Å². The van der Waals surface area contributed by atoms with E-state index in [9.17, 15) is 4.39 Å². The fourth-order valence-electron chi connectivity index (χ4n) is 0.753. The van der Waals surface area contributed by atoms with Crippen molar-refractivity contribution in [1.29, 1.82) is 0 Å². The van der Waals surface area contributed by atoms with E-state index in [1.165, 1.54) is 12.1 Å². The lowest BCUT2D eigenvalue weighted by Gasteiger charge is -1.97. The van der Waals surface area contributed by atoms with E-state index in [2.05, 4.69) is 22.6 Å². The van der Waals surface area contributed by atoms with Gasteiger partial charge >= 0.3 is 0 Å². The maximum Gasteiger partial charge on any atom is 0.125 e. The Bertz CT molecular complexity index is 217. The third kappa shape index (κ3) is 1.83. The molecule has 1 aromatic carbocycles. The van der Waals surface area contributed by atoms with Gasteiger partial charge in [0.25, 0.3) is 0 Å². The van der Waals surface area contributed by atoms with Crippen molar-refractivity contribution >= 4 is 28.3 Å². The van der Waals surface area contributed by atoms with Crippen LogP contribution >= 0.6 is 22.6 Å². The molecule has 54 valence electrons. The lowest BCUT2D eigenvalue weighted by Crippen LogP contribution is -1.88. The molecule has 0 bridgehead atoms. The number of anilines is 1. The number of benzene rings is 1. The zero-order chi connectivity index (χ0) is 7.56. The lowest BCUT2D eigenvalue weighted by atomic mass is 10.2. The SMILES string of the molecule is Nc1cc(F)cc(CI)c1. The van der Waals surface area contributed by atoms with Crippen LogP contribution in [0.3, 0.4) is 0 Å². The molecule has 2 N–H and O–H groups in total. The monoisotopic (exact) mass is 251 g/mol. The van der Waals surface area contributed by atoms with Crippen LogP contribution in [-0.2, 0) is 4.43 Å². The predicted molar refractivity (Wildman–Crippen MR) is 48.5 cm³/mol. The van der Waals surface area contributed by atoms with Crippen molar-refractivity contribution in [3.05, 3.63) is 29.6 Å². The lowest BCUT2D eigenvalue weighted by molar-refractivity contribution is 0.627. The van der Waals surface area contributed by atoms with Gasteiger partial charge in [-0.15, -0.1) is 0 Å². The number of hydrogen-bond acceptors (Lipinski definition) is 1. The van der Waals surface area contributed by atoms with E-state index in [1.54, 1.807) is 6.07 Å². The molecule has 10 heavy (non-hydrogen) atoms. The zero-order valence-electron chi connectivity index (χ0n) is 5.27. The molecule has 3 heteroatoms. The van der Waals surface area contributed by atoms with Crippen LogP contribution in [0.15, 0.2) is 18.2 Å². The molecule has 0 fully saturated rings. The maximum atomic E-state index is 12.5. The maximum absolute atomic E-state index is 12.5. The molecule has 0 aromatic heterocycles. The Balaban J connectivity index is 3.06. The van der Waals surface area contributed by atoms with Gasteiger partial charge in [0.05, 0.1) is 0 Å². The van der Waals surface area contributed by atoms with Crippen LogP contribution in [0.2, 0.25) is 0 Å². The van der Waals surface area contributed by atoms with Crippen molar-refractivity contribution in [3.63, 3.8) is 0 Å². The zero-order valence-corrected chi connectivity index (χ0v) is 7.43. The van der Waals surface area contributed by atoms with E-state index in [0.29, 0.717) is 5.69 Å². The Morgan fingerprint density at radius 2 is 2.10 bits per heavy atom. The molecule has 0 saturated heterocycles. The van der Waals surface area contributed by atoms with Crippen LogP contribution in [0.25, 0.3) is 0 Å². The minimum Gasteiger partial charge on any atom is -0.399 e. The highest BCUT2D eigenvalue weighted by Gasteiger charge is 1.95. The van der Waals surface area contributed by atoms with Gasteiger partial charge < -0.3 is 5.73 Å². The summed E-state index contributed by atoms with van der Waals surface area (Å²) in [6, 6.07) is 4.58. The largest absolute Gasteiger partial charge is 0.399 e. The third-order valence-electron chi connectivity index (χ3n) is 1.13. The molecular formula is C7H7FIN. The topological polar surface area (TPSA) is 26.0 Å². The average molecular weight is 251 g/mol. The van der Waals surface area contributed by atoms with Crippen LogP contribution in [-0.4, -0.2) is 0 Å². The van der Waals surface area contributed by atoms with Crippen LogP contribution < -0.4 is 5.73 Å². The van der Waals surface area contributed by atoms with Gasteiger partial charge in [0, 0.05) is 10.1 Å². The van der Waals surface area contributed by atoms with Crippen LogP contribution in [0.5, 0.6) is 0 Å². The van der Waals surface area contributed by atoms with Gasteiger partial charge in [-0.1, -0.05) is 22.6 Å². The summed E-state index contributed by atoms with van der Waals surface area (Å²) in [4.78, 5) is 0. The summed E-state index contributed by atoms with van der Waals surface area (Å²) < 4.78 is 13.3. The normalized spacial score (nSPS) is 9.80. The number of hydrogen-bond donors (Lipinski definition) is 1. The van der Waals surface area contributed by atoms with E-state index in [1.807, 2.05) is 0 Å². The van der Waals surface area contributed by atoms with Gasteiger partial charge in [0.15, 0.2) is 0 Å². The second-order valence-electron chi connectivity index (χ2n) is 2.03. The van der Waals surface area contributed by atoms with E-state index in [0.717, 1.165) is 9.99 Å². The van der Waals surface area contributed by atoms with E-state index in [4.69, 9.17) is 5.73 Å². The van der Waals surface area contributed by atoms with Crippen molar-refractivity contribution in [1.82, 2.24) is 0 Å². The highest BCUT2D eigenvalue weighted by molar-refractivity contribution is 14.1. The summed E-state index contributed by atoms with van der Waals surface area (Å²) in [5, 5.41) is 0. The second-order valence-corrected chi connectivity index (χ2v) is 2.79. The smallest absolute Gasteiger partial charge is 0.125 e. The number of halogens is 2. The Morgan fingerprint density at radius 1 is 1.40 bits per heavy atom. The fourth-order valence-corrected chi connectivity index (χ4v) is 1.19. The summed E-state index contributed by atoms with van der Waals surface area (Å²) in [5.74, 6) is -0.258. The minimum absolute atomic E-state index is 0.258. The molecule has 0 heterocycles. The van der Waals surface area contributed by atoms with Gasteiger partial charge in [-0.3, -0.25) is 0 Å². The molecule has 1 rings (SSSR count). The third-order valence-corrected chi connectivity index (χ3v) is 2.01. The molecule has 1 nitrogen and oxygen atoms in total. The molecule has 0 aliphatic carbocycles. The first-order valence-electron chi connectivity index (χ1n) is 2.83. The van der Waals surface area contributed by atoms with E-state index < -0.39 is 0 Å². The Morgan fingerprint density at radius 3 is 2.60 bits per heavy atom. The first-order chi connectivity index (χ1) is 4.72. The van der Waals surface area contributed by atoms with Gasteiger partial charge in [0.1, 0.15) is 5.82 Å². The number of nitrogen functional groups attached to an aromatic ring is 1. The molecule has 1 aromatic rings. The molecule has 0 radical (unpaired) electrons. The summed E-state index contributed by atoms with van der Waals surface area (Å²) >= 11 is 2.16. The van der Waals surface area contributed by atoms with Crippen molar-refractivity contribution in [2.24, 2.45) is 0 Å². The second kappa shape index (κ2) is 3.18. The first-order valence-corrected chi connectivity index (χ1v) is 4.36. The summed E-state index contributed by atoms with van der Waals surface area (Å²) in [6.07, 6.45) is 0. The molecule has 0 spiro atoms. The fraction of sp³-hybridized carbons (Fsp3) is 0.143. The Kier molecular flexibility index (Phi) is 2.48. The highest BCUT2D eigenvalue weighted by Crippen LogP contribution is 2.13. The minimum atomic E-state index is -0.258. The Labute approximate surface area is 72.6 Å². The van der Waals surface area contributed by atoms with E-state index >= 15 is 0 Å². The summed E-state index contributed by atoms with van der Waals surface area (Å²) in [5.41, 5.74) is 6.81.